The van der Waals surface area contributed by atoms with Gasteiger partial charge in [-0.05, 0) is 31.5 Å². The van der Waals surface area contributed by atoms with E-state index < -0.39 is 5.54 Å². The molecule has 2 rings (SSSR count). The number of benzene rings is 1. The molecule has 1 heterocycles. The fourth-order valence-electron chi connectivity index (χ4n) is 2.55. The van der Waals surface area contributed by atoms with Crippen LogP contribution >= 0.6 is 0 Å². The third-order valence-corrected chi connectivity index (χ3v) is 3.69. The van der Waals surface area contributed by atoms with Crippen LogP contribution in [0.15, 0.2) is 24.3 Å². The minimum atomic E-state index is -0.495. The molecule has 4 heteroatoms. The summed E-state index contributed by atoms with van der Waals surface area (Å²) in [6.07, 6.45) is 0. The van der Waals surface area contributed by atoms with Crippen molar-refractivity contribution in [3.05, 3.63) is 29.8 Å². The van der Waals surface area contributed by atoms with Crippen molar-refractivity contribution in [1.82, 2.24) is 4.90 Å². The number of rotatable bonds is 4. The van der Waals surface area contributed by atoms with Crippen LogP contribution in [0.25, 0.3) is 0 Å². The highest BCUT2D eigenvalue weighted by atomic mass is 16.3. The molecule has 1 aliphatic rings. The van der Waals surface area contributed by atoms with Crippen molar-refractivity contribution in [3.8, 4) is 0 Å². The average molecular weight is 263 g/mol. The summed E-state index contributed by atoms with van der Waals surface area (Å²) in [4.78, 5) is 4.75. The zero-order valence-electron chi connectivity index (χ0n) is 12.0. The van der Waals surface area contributed by atoms with Crippen LogP contribution in [0.1, 0.15) is 12.5 Å². The van der Waals surface area contributed by atoms with E-state index in [0.29, 0.717) is 0 Å². The first-order valence-corrected chi connectivity index (χ1v) is 6.94. The van der Waals surface area contributed by atoms with Crippen LogP contribution in [0, 0.1) is 6.92 Å². The maximum absolute atomic E-state index is 9.22. The molecule has 0 spiro atoms. The van der Waals surface area contributed by atoms with Crippen LogP contribution in [-0.4, -0.2) is 54.9 Å². The van der Waals surface area contributed by atoms with Gasteiger partial charge in [0.05, 0.1) is 6.61 Å². The van der Waals surface area contributed by atoms with Gasteiger partial charge in [0.2, 0.25) is 0 Å². The molecule has 1 fully saturated rings. The molecule has 1 aromatic carbocycles. The Morgan fingerprint density at radius 3 is 2.53 bits per heavy atom. The zero-order valence-corrected chi connectivity index (χ0v) is 12.0. The van der Waals surface area contributed by atoms with Crippen molar-refractivity contribution < 1.29 is 5.11 Å². The Morgan fingerprint density at radius 2 is 1.95 bits per heavy atom. The lowest BCUT2D eigenvalue weighted by Gasteiger charge is -2.39. The van der Waals surface area contributed by atoms with Crippen LogP contribution < -0.4 is 10.6 Å². The Bertz CT molecular complexity index is 412. The molecule has 0 amide bonds. The van der Waals surface area contributed by atoms with Crippen LogP contribution in [0.4, 0.5) is 5.69 Å². The van der Waals surface area contributed by atoms with E-state index in [1.165, 1.54) is 11.3 Å². The molecule has 1 aliphatic heterocycles. The summed E-state index contributed by atoms with van der Waals surface area (Å²) < 4.78 is 0. The quantitative estimate of drug-likeness (QED) is 0.845. The second kappa shape index (κ2) is 5.90. The summed E-state index contributed by atoms with van der Waals surface area (Å²) in [5.41, 5.74) is 8.12. The van der Waals surface area contributed by atoms with E-state index in [1.807, 2.05) is 6.92 Å². The Balaban J connectivity index is 1.89. The molecule has 1 saturated heterocycles. The Kier molecular flexibility index (Phi) is 4.45. The molecule has 0 saturated carbocycles. The normalized spacial score (nSPS) is 20.3. The smallest absolute Gasteiger partial charge is 0.0621 e. The number of aliphatic hydroxyl groups excluding tert-OH is 1. The van der Waals surface area contributed by atoms with Crippen LogP contribution in [0.3, 0.4) is 0 Å². The second-order valence-corrected chi connectivity index (χ2v) is 5.91. The van der Waals surface area contributed by atoms with Gasteiger partial charge in [0, 0.05) is 44.0 Å². The van der Waals surface area contributed by atoms with Crippen LogP contribution in [0.2, 0.25) is 0 Å². The maximum atomic E-state index is 9.22. The molecule has 1 atom stereocenters. The van der Waals surface area contributed by atoms with Crippen molar-refractivity contribution in [2.75, 3.05) is 44.2 Å². The van der Waals surface area contributed by atoms with E-state index in [4.69, 9.17) is 5.73 Å². The van der Waals surface area contributed by atoms with Gasteiger partial charge in [-0.15, -0.1) is 0 Å². The second-order valence-electron chi connectivity index (χ2n) is 5.91. The fraction of sp³-hybridized carbons (Fsp3) is 0.600. The lowest BCUT2D eigenvalue weighted by molar-refractivity contribution is 0.143. The summed E-state index contributed by atoms with van der Waals surface area (Å²) in [5.74, 6) is 0. The van der Waals surface area contributed by atoms with Gasteiger partial charge in [-0.3, -0.25) is 4.90 Å². The third kappa shape index (κ3) is 3.93. The van der Waals surface area contributed by atoms with Crippen molar-refractivity contribution in [1.29, 1.82) is 0 Å². The van der Waals surface area contributed by atoms with Gasteiger partial charge in [0.25, 0.3) is 0 Å². The summed E-state index contributed by atoms with van der Waals surface area (Å²) in [6.45, 7) is 8.86. The Hall–Kier alpha value is -1.10. The van der Waals surface area contributed by atoms with Crippen molar-refractivity contribution in [2.24, 2.45) is 5.73 Å². The van der Waals surface area contributed by atoms with Gasteiger partial charge in [-0.1, -0.05) is 12.1 Å². The third-order valence-electron chi connectivity index (χ3n) is 3.69. The summed E-state index contributed by atoms with van der Waals surface area (Å²) in [6, 6.07) is 8.64. The fourth-order valence-corrected chi connectivity index (χ4v) is 2.55. The molecule has 1 aromatic rings. The first-order valence-electron chi connectivity index (χ1n) is 6.94. The SMILES string of the molecule is Cc1cccc(N2CCN(CC(C)(N)CO)CC2)c1. The average Bonchev–Trinajstić information content (AvgIpc) is 2.39. The lowest BCUT2D eigenvalue weighted by Crippen LogP contribution is -2.55. The molecule has 0 aliphatic carbocycles. The van der Waals surface area contributed by atoms with Gasteiger partial charge in [-0.25, -0.2) is 0 Å². The highest BCUT2D eigenvalue weighted by Gasteiger charge is 2.24. The van der Waals surface area contributed by atoms with E-state index >= 15 is 0 Å². The number of hydrogen-bond donors (Lipinski definition) is 2. The molecular weight excluding hydrogens is 238 g/mol. The molecule has 1 unspecified atom stereocenters. The van der Waals surface area contributed by atoms with Gasteiger partial charge >= 0.3 is 0 Å². The molecule has 19 heavy (non-hydrogen) atoms. The predicted octanol–water partition coefficient (Wildman–Crippen LogP) is 0.827. The van der Waals surface area contributed by atoms with Crippen molar-refractivity contribution in [2.45, 2.75) is 19.4 Å². The molecule has 0 bridgehead atoms. The van der Waals surface area contributed by atoms with E-state index in [9.17, 15) is 5.11 Å². The van der Waals surface area contributed by atoms with E-state index in [2.05, 4.69) is 41.0 Å². The highest BCUT2D eigenvalue weighted by molar-refractivity contribution is 5.48. The number of aryl methyl sites for hydroxylation is 1. The van der Waals surface area contributed by atoms with Crippen molar-refractivity contribution >= 4 is 5.69 Å². The largest absolute Gasteiger partial charge is 0.394 e. The number of piperazine rings is 1. The first kappa shape index (κ1) is 14.3. The topological polar surface area (TPSA) is 52.7 Å². The highest BCUT2D eigenvalue weighted by Crippen LogP contribution is 2.18. The number of nitrogens with zero attached hydrogens (tertiary/aromatic N) is 2. The number of aliphatic hydroxyl groups is 1. The number of nitrogens with two attached hydrogens (primary N) is 1. The van der Waals surface area contributed by atoms with Gasteiger partial charge < -0.3 is 15.7 Å². The minimum absolute atomic E-state index is 0.0328. The maximum Gasteiger partial charge on any atom is 0.0621 e. The Morgan fingerprint density at radius 1 is 1.26 bits per heavy atom. The summed E-state index contributed by atoms with van der Waals surface area (Å²) in [7, 11) is 0. The van der Waals surface area contributed by atoms with E-state index in [1.54, 1.807) is 0 Å². The number of hydrogen-bond acceptors (Lipinski definition) is 4. The summed E-state index contributed by atoms with van der Waals surface area (Å²) in [5, 5.41) is 9.22. The van der Waals surface area contributed by atoms with E-state index in [0.717, 1.165) is 32.7 Å². The van der Waals surface area contributed by atoms with Gasteiger partial charge in [0.1, 0.15) is 0 Å². The molecule has 0 aromatic heterocycles. The zero-order chi connectivity index (χ0) is 13.9. The Labute approximate surface area is 115 Å². The van der Waals surface area contributed by atoms with E-state index in [-0.39, 0.29) is 6.61 Å². The monoisotopic (exact) mass is 263 g/mol. The lowest BCUT2D eigenvalue weighted by atomic mass is 10.0. The van der Waals surface area contributed by atoms with Gasteiger partial charge in [0.15, 0.2) is 0 Å². The van der Waals surface area contributed by atoms with Gasteiger partial charge in [-0.2, -0.15) is 0 Å². The van der Waals surface area contributed by atoms with Crippen LogP contribution in [0.5, 0.6) is 0 Å². The molecule has 106 valence electrons. The first-order chi connectivity index (χ1) is 9.00. The molecular formula is C15H25N3O. The van der Waals surface area contributed by atoms with Crippen molar-refractivity contribution in [3.63, 3.8) is 0 Å². The molecule has 3 N–H and O–H groups in total. The molecule has 0 radical (unpaired) electrons. The summed E-state index contributed by atoms with van der Waals surface area (Å²) >= 11 is 0. The minimum Gasteiger partial charge on any atom is -0.394 e. The number of anilines is 1. The standard InChI is InChI=1S/C15H25N3O/c1-13-4-3-5-14(10-13)18-8-6-17(7-9-18)11-15(2,16)12-19/h3-5,10,19H,6-9,11-12,16H2,1-2H3. The molecule has 4 nitrogen and oxygen atoms in total. The predicted molar refractivity (Wildman–Crippen MR) is 79.5 cm³/mol. The van der Waals surface area contributed by atoms with Crippen LogP contribution in [-0.2, 0) is 0 Å².